The van der Waals surface area contributed by atoms with E-state index in [4.69, 9.17) is 9.47 Å². The number of methoxy groups -OCH3 is 1. The number of amides is 1. The summed E-state index contributed by atoms with van der Waals surface area (Å²) in [5.41, 5.74) is -0.270. The predicted octanol–water partition coefficient (Wildman–Crippen LogP) is 1.23. The highest BCUT2D eigenvalue weighted by molar-refractivity contribution is 5.79. The summed E-state index contributed by atoms with van der Waals surface area (Å²) < 4.78 is 10.5. The number of aliphatic hydroxyl groups is 1. The molecule has 2 aliphatic rings. The summed E-state index contributed by atoms with van der Waals surface area (Å²) >= 11 is 0. The van der Waals surface area contributed by atoms with Gasteiger partial charge in [0.2, 0.25) is 5.91 Å². The fraction of sp³-hybridized carbons (Fsp3) is 0.632. The van der Waals surface area contributed by atoms with Crippen molar-refractivity contribution in [3.63, 3.8) is 0 Å². The Morgan fingerprint density at radius 1 is 1.28 bits per heavy atom. The summed E-state index contributed by atoms with van der Waals surface area (Å²) in [5.74, 6) is 0.851. The predicted molar refractivity (Wildman–Crippen MR) is 94.6 cm³/mol. The lowest BCUT2D eigenvalue weighted by Crippen LogP contribution is -2.51. The second-order valence-electron chi connectivity index (χ2n) is 7.01. The van der Waals surface area contributed by atoms with Gasteiger partial charge in [-0.2, -0.15) is 0 Å². The summed E-state index contributed by atoms with van der Waals surface area (Å²) in [6.07, 6.45) is 1.74. The Morgan fingerprint density at radius 2 is 1.96 bits per heavy atom. The molecule has 6 nitrogen and oxygen atoms in total. The van der Waals surface area contributed by atoms with Crippen LogP contribution in [0.25, 0.3) is 0 Å². The van der Waals surface area contributed by atoms with Crippen LogP contribution in [0.5, 0.6) is 5.75 Å². The van der Waals surface area contributed by atoms with E-state index in [0.29, 0.717) is 26.3 Å². The number of rotatable bonds is 5. The molecule has 0 unspecified atom stereocenters. The highest BCUT2D eigenvalue weighted by atomic mass is 16.5. The lowest BCUT2D eigenvalue weighted by molar-refractivity contribution is -0.139. The normalized spacial score (nSPS) is 24.1. The minimum absolute atomic E-state index is 0.0955. The summed E-state index contributed by atoms with van der Waals surface area (Å²) in [7, 11) is 1.62. The molecule has 1 aromatic rings. The molecule has 25 heavy (non-hydrogen) atoms. The van der Waals surface area contributed by atoms with Crippen molar-refractivity contribution in [2.24, 2.45) is 0 Å². The van der Waals surface area contributed by atoms with Crippen molar-refractivity contribution in [1.29, 1.82) is 0 Å². The Labute approximate surface area is 149 Å². The van der Waals surface area contributed by atoms with Gasteiger partial charge in [-0.25, -0.2) is 0 Å². The molecule has 0 bridgehead atoms. The third-order valence-corrected chi connectivity index (χ3v) is 5.36. The number of hydrogen-bond acceptors (Lipinski definition) is 5. The molecule has 0 spiro atoms. The first kappa shape index (κ1) is 18.2. The first-order chi connectivity index (χ1) is 12.0. The van der Waals surface area contributed by atoms with Crippen LogP contribution in [0.4, 0.5) is 0 Å². The van der Waals surface area contributed by atoms with Gasteiger partial charge in [-0.05, 0) is 37.5 Å². The van der Waals surface area contributed by atoms with Crippen molar-refractivity contribution in [3.05, 3.63) is 29.8 Å². The van der Waals surface area contributed by atoms with Crippen LogP contribution in [0.2, 0.25) is 0 Å². The van der Waals surface area contributed by atoms with Crippen molar-refractivity contribution >= 4 is 5.91 Å². The van der Waals surface area contributed by atoms with Gasteiger partial charge in [-0.3, -0.25) is 9.69 Å². The fourth-order valence-electron chi connectivity index (χ4n) is 3.81. The fourth-order valence-corrected chi connectivity index (χ4v) is 3.81. The van der Waals surface area contributed by atoms with Crippen LogP contribution in [0.15, 0.2) is 24.3 Å². The topological polar surface area (TPSA) is 62.2 Å². The lowest BCUT2D eigenvalue weighted by atomic mass is 9.86. The number of morpholine rings is 1. The van der Waals surface area contributed by atoms with Gasteiger partial charge in [0.05, 0.1) is 32.9 Å². The van der Waals surface area contributed by atoms with Gasteiger partial charge in [0.15, 0.2) is 0 Å². The molecule has 1 amide bonds. The van der Waals surface area contributed by atoms with Gasteiger partial charge >= 0.3 is 0 Å². The number of nitrogens with zero attached hydrogens (tertiary/aromatic N) is 2. The summed E-state index contributed by atoms with van der Waals surface area (Å²) in [6.45, 7) is 5.86. The van der Waals surface area contributed by atoms with E-state index < -0.39 is 5.60 Å². The van der Waals surface area contributed by atoms with Crippen LogP contribution in [-0.2, 0) is 15.1 Å². The van der Waals surface area contributed by atoms with Crippen molar-refractivity contribution in [1.82, 2.24) is 9.80 Å². The minimum Gasteiger partial charge on any atom is -0.497 e. The molecule has 138 valence electrons. The van der Waals surface area contributed by atoms with Crippen LogP contribution >= 0.6 is 0 Å². The van der Waals surface area contributed by atoms with E-state index in [1.54, 1.807) is 14.0 Å². The summed E-state index contributed by atoms with van der Waals surface area (Å²) in [6, 6.07) is 7.25. The Kier molecular flexibility index (Phi) is 5.61. The average molecular weight is 348 g/mol. The Balaban J connectivity index is 1.71. The Morgan fingerprint density at radius 3 is 2.60 bits per heavy atom. The third kappa shape index (κ3) is 3.97. The van der Waals surface area contributed by atoms with Crippen molar-refractivity contribution < 1.29 is 19.4 Å². The van der Waals surface area contributed by atoms with Gasteiger partial charge in [0, 0.05) is 19.6 Å². The SMILES string of the molecule is COc1ccc([C@](C)(O)[C@@H]2CCCN2C(=O)CN2CCOCC2)cc1. The first-order valence-corrected chi connectivity index (χ1v) is 8.99. The van der Waals surface area contributed by atoms with E-state index in [1.807, 2.05) is 29.2 Å². The molecule has 6 heteroatoms. The molecule has 1 N–H and O–H groups in total. The molecular formula is C19H28N2O4. The van der Waals surface area contributed by atoms with E-state index in [2.05, 4.69) is 4.90 Å². The zero-order chi connectivity index (χ0) is 17.9. The van der Waals surface area contributed by atoms with Crippen LogP contribution in [0, 0.1) is 0 Å². The van der Waals surface area contributed by atoms with E-state index >= 15 is 0 Å². The number of carbonyl (C=O) groups excluding carboxylic acids is 1. The third-order valence-electron chi connectivity index (χ3n) is 5.36. The van der Waals surface area contributed by atoms with E-state index in [1.165, 1.54) is 0 Å². The molecule has 3 rings (SSSR count). The summed E-state index contributed by atoms with van der Waals surface area (Å²) in [5, 5.41) is 11.2. The lowest BCUT2D eigenvalue weighted by Gasteiger charge is -2.38. The van der Waals surface area contributed by atoms with Gasteiger partial charge in [-0.15, -0.1) is 0 Å². The quantitative estimate of drug-likeness (QED) is 0.867. The van der Waals surface area contributed by atoms with Gasteiger partial charge in [0.1, 0.15) is 11.4 Å². The van der Waals surface area contributed by atoms with Gasteiger partial charge in [-0.1, -0.05) is 12.1 Å². The molecule has 2 aliphatic heterocycles. The van der Waals surface area contributed by atoms with Crippen molar-refractivity contribution in [2.75, 3.05) is 46.5 Å². The van der Waals surface area contributed by atoms with Crippen LogP contribution in [0.1, 0.15) is 25.3 Å². The molecule has 0 aliphatic carbocycles. The van der Waals surface area contributed by atoms with Crippen LogP contribution in [0.3, 0.4) is 0 Å². The molecule has 0 saturated carbocycles. The Bertz CT molecular complexity index is 582. The second-order valence-corrected chi connectivity index (χ2v) is 7.01. The molecule has 2 heterocycles. The second kappa shape index (κ2) is 7.72. The van der Waals surface area contributed by atoms with Crippen molar-refractivity contribution in [2.45, 2.75) is 31.4 Å². The average Bonchev–Trinajstić information content (AvgIpc) is 3.13. The Hall–Kier alpha value is -1.63. The van der Waals surface area contributed by atoms with Gasteiger partial charge < -0.3 is 19.5 Å². The highest BCUT2D eigenvalue weighted by Gasteiger charge is 2.42. The van der Waals surface area contributed by atoms with Crippen molar-refractivity contribution in [3.8, 4) is 5.75 Å². The molecular weight excluding hydrogens is 320 g/mol. The monoisotopic (exact) mass is 348 g/mol. The minimum atomic E-state index is -1.08. The smallest absolute Gasteiger partial charge is 0.237 e. The van der Waals surface area contributed by atoms with Crippen LogP contribution < -0.4 is 4.74 Å². The molecule has 0 radical (unpaired) electrons. The van der Waals surface area contributed by atoms with E-state index in [0.717, 1.165) is 37.2 Å². The van der Waals surface area contributed by atoms with E-state index in [9.17, 15) is 9.90 Å². The molecule has 2 fully saturated rings. The maximum Gasteiger partial charge on any atom is 0.237 e. The summed E-state index contributed by atoms with van der Waals surface area (Å²) in [4.78, 5) is 16.8. The highest BCUT2D eigenvalue weighted by Crippen LogP contribution is 2.35. The van der Waals surface area contributed by atoms with Gasteiger partial charge in [0.25, 0.3) is 0 Å². The maximum absolute atomic E-state index is 12.8. The molecule has 0 aromatic heterocycles. The first-order valence-electron chi connectivity index (χ1n) is 8.99. The maximum atomic E-state index is 12.8. The van der Waals surface area contributed by atoms with E-state index in [-0.39, 0.29) is 11.9 Å². The zero-order valence-corrected chi connectivity index (χ0v) is 15.1. The molecule has 2 atom stereocenters. The number of benzene rings is 1. The largest absolute Gasteiger partial charge is 0.497 e. The zero-order valence-electron chi connectivity index (χ0n) is 15.1. The van der Waals surface area contributed by atoms with Crippen LogP contribution in [-0.4, -0.2) is 73.4 Å². The molecule has 2 saturated heterocycles. The standard InChI is InChI=1S/C19H28N2O4/c1-19(23,15-5-7-16(24-2)8-6-15)17-4-3-9-21(17)18(22)14-20-10-12-25-13-11-20/h5-8,17,23H,3-4,9-14H2,1-2H3/t17-,19-/m0/s1. The number of carbonyl (C=O) groups is 1. The molecule has 1 aromatic carbocycles. The number of ether oxygens (including phenoxy) is 2. The number of hydrogen-bond donors (Lipinski definition) is 1. The number of likely N-dealkylation sites (tertiary alicyclic amines) is 1.